The lowest BCUT2D eigenvalue weighted by Gasteiger charge is -2.20. The summed E-state index contributed by atoms with van der Waals surface area (Å²) in [5, 5.41) is 3.18. The normalized spacial score (nSPS) is 13.6. The summed E-state index contributed by atoms with van der Waals surface area (Å²) in [5.41, 5.74) is 2.04. The standard InChI is InChI=1S/C14H20F3N/c1-3-10-18-13(8-9-14(15,16)17)12-6-4-11(2)5-7-12/h4-7,13,18H,3,8-10H2,1-2H3. The first-order chi connectivity index (χ1) is 8.42. The van der Waals surface area contributed by atoms with E-state index < -0.39 is 12.6 Å². The van der Waals surface area contributed by atoms with E-state index in [9.17, 15) is 13.2 Å². The van der Waals surface area contributed by atoms with Gasteiger partial charge in [-0.05, 0) is 31.9 Å². The van der Waals surface area contributed by atoms with E-state index in [2.05, 4.69) is 5.32 Å². The highest BCUT2D eigenvalue weighted by Gasteiger charge is 2.28. The van der Waals surface area contributed by atoms with Crippen molar-refractivity contribution in [2.24, 2.45) is 0 Å². The van der Waals surface area contributed by atoms with Crippen molar-refractivity contribution in [2.75, 3.05) is 6.54 Å². The van der Waals surface area contributed by atoms with Crippen LogP contribution in [0.15, 0.2) is 24.3 Å². The van der Waals surface area contributed by atoms with Gasteiger partial charge < -0.3 is 5.32 Å². The van der Waals surface area contributed by atoms with E-state index in [1.807, 2.05) is 38.1 Å². The molecule has 0 aliphatic heterocycles. The zero-order chi connectivity index (χ0) is 13.6. The molecule has 0 spiro atoms. The fourth-order valence-corrected chi connectivity index (χ4v) is 1.81. The summed E-state index contributed by atoms with van der Waals surface area (Å²) in [6, 6.07) is 7.46. The molecular weight excluding hydrogens is 239 g/mol. The third kappa shape index (κ3) is 5.54. The van der Waals surface area contributed by atoms with Crippen molar-refractivity contribution in [3.63, 3.8) is 0 Å². The average molecular weight is 259 g/mol. The van der Waals surface area contributed by atoms with E-state index in [4.69, 9.17) is 0 Å². The number of benzene rings is 1. The van der Waals surface area contributed by atoms with Crippen molar-refractivity contribution in [1.29, 1.82) is 0 Å². The third-order valence-corrected chi connectivity index (χ3v) is 2.84. The topological polar surface area (TPSA) is 12.0 Å². The fourth-order valence-electron chi connectivity index (χ4n) is 1.81. The lowest BCUT2D eigenvalue weighted by atomic mass is 10.0. The Labute approximate surface area is 106 Å². The molecule has 1 atom stereocenters. The molecule has 0 bridgehead atoms. The molecule has 4 heteroatoms. The number of hydrogen-bond acceptors (Lipinski definition) is 1. The van der Waals surface area contributed by atoms with Gasteiger partial charge in [-0.25, -0.2) is 0 Å². The Kier molecular flexibility index (Phi) is 5.66. The Morgan fingerprint density at radius 2 is 1.78 bits per heavy atom. The van der Waals surface area contributed by atoms with Crippen molar-refractivity contribution in [2.45, 2.75) is 45.3 Å². The minimum absolute atomic E-state index is 0.0898. The summed E-state index contributed by atoms with van der Waals surface area (Å²) in [7, 11) is 0. The molecule has 18 heavy (non-hydrogen) atoms. The van der Waals surface area contributed by atoms with Crippen LogP contribution in [0, 0.1) is 6.92 Å². The van der Waals surface area contributed by atoms with Gasteiger partial charge in [-0.15, -0.1) is 0 Å². The number of hydrogen-bond donors (Lipinski definition) is 1. The van der Waals surface area contributed by atoms with Gasteiger partial charge in [0, 0.05) is 12.5 Å². The maximum Gasteiger partial charge on any atom is 0.389 e. The Morgan fingerprint density at radius 3 is 2.28 bits per heavy atom. The molecule has 102 valence electrons. The molecule has 0 heterocycles. The predicted octanol–water partition coefficient (Wildman–Crippen LogP) is 4.38. The summed E-state index contributed by atoms with van der Waals surface area (Å²) in [6.45, 7) is 4.70. The number of rotatable bonds is 6. The predicted molar refractivity (Wildman–Crippen MR) is 67.5 cm³/mol. The van der Waals surface area contributed by atoms with E-state index in [1.165, 1.54) is 0 Å². The molecule has 0 amide bonds. The second kappa shape index (κ2) is 6.78. The van der Waals surface area contributed by atoms with Gasteiger partial charge in [-0.2, -0.15) is 13.2 Å². The van der Waals surface area contributed by atoms with Gasteiger partial charge in [0.15, 0.2) is 0 Å². The smallest absolute Gasteiger partial charge is 0.310 e. The van der Waals surface area contributed by atoms with Crippen LogP contribution in [0.3, 0.4) is 0 Å². The quantitative estimate of drug-likeness (QED) is 0.799. The molecular formula is C14H20F3N. The lowest BCUT2D eigenvalue weighted by molar-refractivity contribution is -0.136. The van der Waals surface area contributed by atoms with Crippen LogP contribution in [-0.2, 0) is 0 Å². The van der Waals surface area contributed by atoms with Crippen molar-refractivity contribution in [3.8, 4) is 0 Å². The monoisotopic (exact) mass is 259 g/mol. The highest BCUT2D eigenvalue weighted by atomic mass is 19.4. The van der Waals surface area contributed by atoms with Crippen LogP contribution in [0.25, 0.3) is 0 Å². The number of alkyl halides is 3. The Bertz CT molecular complexity index is 343. The number of halogens is 3. The van der Waals surface area contributed by atoms with Crippen LogP contribution in [0.1, 0.15) is 43.4 Å². The Hall–Kier alpha value is -1.03. The summed E-state index contributed by atoms with van der Waals surface area (Å²) >= 11 is 0. The molecule has 0 fully saturated rings. The molecule has 0 aliphatic carbocycles. The van der Waals surface area contributed by atoms with Gasteiger partial charge in [-0.1, -0.05) is 36.8 Å². The lowest BCUT2D eigenvalue weighted by Crippen LogP contribution is -2.24. The van der Waals surface area contributed by atoms with Gasteiger partial charge in [0.1, 0.15) is 0 Å². The molecule has 1 unspecified atom stereocenters. The van der Waals surface area contributed by atoms with Gasteiger partial charge in [0.25, 0.3) is 0 Å². The molecule has 1 aromatic rings. The Balaban J connectivity index is 2.68. The second-order valence-corrected chi connectivity index (χ2v) is 4.57. The van der Waals surface area contributed by atoms with Crippen LogP contribution in [-0.4, -0.2) is 12.7 Å². The summed E-state index contributed by atoms with van der Waals surface area (Å²) in [4.78, 5) is 0. The molecule has 1 nitrogen and oxygen atoms in total. The Morgan fingerprint density at radius 1 is 1.17 bits per heavy atom. The van der Waals surface area contributed by atoms with E-state index in [0.717, 1.165) is 24.1 Å². The summed E-state index contributed by atoms with van der Waals surface area (Å²) in [5.74, 6) is 0. The summed E-state index contributed by atoms with van der Waals surface area (Å²) < 4.78 is 36.9. The van der Waals surface area contributed by atoms with E-state index >= 15 is 0 Å². The first kappa shape index (κ1) is 15.0. The zero-order valence-corrected chi connectivity index (χ0v) is 10.8. The van der Waals surface area contributed by atoms with Crippen LogP contribution in [0.2, 0.25) is 0 Å². The van der Waals surface area contributed by atoms with Crippen molar-refractivity contribution in [1.82, 2.24) is 5.32 Å². The number of aryl methyl sites for hydroxylation is 1. The summed E-state index contributed by atoms with van der Waals surface area (Å²) in [6.07, 6.45) is -3.83. The highest BCUT2D eigenvalue weighted by molar-refractivity contribution is 5.24. The molecule has 1 N–H and O–H groups in total. The van der Waals surface area contributed by atoms with Crippen molar-refractivity contribution >= 4 is 0 Å². The number of nitrogens with one attached hydrogen (secondary N) is 1. The van der Waals surface area contributed by atoms with Gasteiger partial charge in [0.05, 0.1) is 0 Å². The van der Waals surface area contributed by atoms with Gasteiger partial charge in [0.2, 0.25) is 0 Å². The minimum atomic E-state index is -4.09. The molecule has 0 aromatic heterocycles. The van der Waals surface area contributed by atoms with Crippen LogP contribution in [0.4, 0.5) is 13.2 Å². The molecule has 0 saturated carbocycles. The fraction of sp³-hybridized carbons (Fsp3) is 0.571. The SMILES string of the molecule is CCCNC(CCC(F)(F)F)c1ccc(C)cc1. The van der Waals surface area contributed by atoms with Crippen molar-refractivity contribution < 1.29 is 13.2 Å². The molecule has 0 radical (unpaired) electrons. The maximum atomic E-state index is 12.3. The third-order valence-electron chi connectivity index (χ3n) is 2.84. The molecule has 1 rings (SSSR count). The van der Waals surface area contributed by atoms with E-state index in [1.54, 1.807) is 0 Å². The van der Waals surface area contributed by atoms with E-state index in [0.29, 0.717) is 0 Å². The van der Waals surface area contributed by atoms with Crippen LogP contribution in [0.5, 0.6) is 0 Å². The minimum Gasteiger partial charge on any atom is -0.310 e. The first-order valence-corrected chi connectivity index (χ1v) is 6.29. The maximum absolute atomic E-state index is 12.3. The average Bonchev–Trinajstić information content (AvgIpc) is 2.29. The van der Waals surface area contributed by atoms with Crippen LogP contribution >= 0.6 is 0 Å². The van der Waals surface area contributed by atoms with Gasteiger partial charge in [-0.3, -0.25) is 0 Å². The van der Waals surface area contributed by atoms with Gasteiger partial charge >= 0.3 is 6.18 Å². The molecule has 0 saturated heterocycles. The zero-order valence-electron chi connectivity index (χ0n) is 10.8. The van der Waals surface area contributed by atoms with E-state index in [-0.39, 0.29) is 12.5 Å². The first-order valence-electron chi connectivity index (χ1n) is 6.29. The molecule has 0 aliphatic rings. The van der Waals surface area contributed by atoms with Crippen molar-refractivity contribution in [3.05, 3.63) is 35.4 Å². The van der Waals surface area contributed by atoms with Crippen LogP contribution < -0.4 is 5.32 Å². The molecule has 1 aromatic carbocycles. The second-order valence-electron chi connectivity index (χ2n) is 4.57. The highest BCUT2D eigenvalue weighted by Crippen LogP contribution is 2.27. The largest absolute Gasteiger partial charge is 0.389 e.